The lowest BCUT2D eigenvalue weighted by molar-refractivity contribution is -0.138. The van der Waals surface area contributed by atoms with Gasteiger partial charge in [0, 0.05) is 16.2 Å². The molecule has 108 valence electrons. The first-order valence-corrected chi connectivity index (χ1v) is 8.59. The van der Waals surface area contributed by atoms with Crippen LogP contribution >= 0.6 is 35.7 Å². The lowest BCUT2D eigenvalue weighted by Gasteiger charge is -2.47. The highest BCUT2D eigenvalue weighted by atomic mass is 32.2. The number of fused-ring (bicyclic) bond motifs is 3. The molecule has 5 atom stereocenters. The van der Waals surface area contributed by atoms with Gasteiger partial charge in [-0.25, -0.2) is 0 Å². The van der Waals surface area contributed by atoms with Gasteiger partial charge in [0.1, 0.15) is 16.5 Å². The third-order valence-corrected chi connectivity index (χ3v) is 6.51. The van der Waals surface area contributed by atoms with Crippen LogP contribution < -0.4 is 5.73 Å². The maximum absolute atomic E-state index is 10.0. The molecule has 4 N–H and O–H groups in total. The van der Waals surface area contributed by atoms with E-state index in [4.69, 9.17) is 22.7 Å². The predicted octanol–water partition coefficient (Wildman–Crippen LogP) is 0.975. The van der Waals surface area contributed by atoms with Crippen LogP contribution in [0.25, 0.3) is 0 Å². The number of nitrogens with two attached hydrogens (primary N) is 1. The molecule has 3 heterocycles. The van der Waals surface area contributed by atoms with Crippen molar-refractivity contribution in [2.45, 2.75) is 33.9 Å². The second-order valence-corrected chi connectivity index (χ2v) is 7.65. The van der Waals surface area contributed by atoms with Crippen LogP contribution in [0.4, 0.5) is 0 Å². The van der Waals surface area contributed by atoms with Gasteiger partial charge in [-0.15, -0.1) is 11.8 Å². The molecule has 1 aromatic carbocycles. The average molecular weight is 329 g/mol. The van der Waals surface area contributed by atoms with Crippen molar-refractivity contribution in [1.82, 2.24) is 0 Å². The van der Waals surface area contributed by atoms with Crippen molar-refractivity contribution in [1.29, 1.82) is 0 Å². The molecule has 3 saturated heterocycles. The van der Waals surface area contributed by atoms with Crippen molar-refractivity contribution < 1.29 is 14.9 Å². The molecule has 0 radical (unpaired) electrons. The van der Waals surface area contributed by atoms with Gasteiger partial charge in [0.2, 0.25) is 0 Å². The maximum Gasteiger partial charge on any atom is 0.122 e. The minimum atomic E-state index is -0.768. The van der Waals surface area contributed by atoms with Crippen LogP contribution in [0.5, 0.6) is 0 Å². The Balaban J connectivity index is 1.71. The van der Waals surface area contributed by atoms with E-state index in [0.29, 0.717) is 4.99 Å². The van der Waals surface area contributed by atoms with E-state index in [1.165, 1.54) is 0 Å². The van der Waals surface area contributed by atoms with Gasteiger partial charge in [-0.3, -0.25) is 0 Å². The normalized spacial score (nSPS) is 36.0. The number of hydrogen-bond acceptors (Lipinski definition) is 6. The van der Waals surface area contributed by atoms with Gasteiger partial charge in [0.25, 0.3) is 0 Å². The molecule has 0 spiro atoms. The molecule has 4 rings (SSSR count). The number of thiocarbonyl (C=S) groups is 1. The quantitative estimate of drug-likeness (QED) is 0.714. The second kappa shape index (κ2) is 5.82. The minimum absolute atomic E-state index is 0.102. The second-order valence-electron chi connectivity index (χ2n) is 4.83. The summed E-state index contributed by atoms with van der Waals surface area (Å²) in [6.45, 7) is 0. The van der Waals surface area contributed by atoms with E-state index in [-0.39, 0.29) is 16.8 Å². The van der Waals surface area contributed by atoms with Gasteiger partial charge in [-0.05, 0) is 12.1 Å². The van der Waals surface area contributed by atoms with Gasteiger partial charge in [0.05, 0.1) is 17.5 Å². The Kier molecular flexibility index (Phi) is 4.26. The minimum Gasteiger partial charge on any atom is -0.389 e. The van der Waals surface area contributed by atoms with Crippen LogP contribution in [-0.4, -0.2) is 50.0 Å². The first-order chi connectivity index (χ1) is 9.56. The fourth-order valence-electron chi connectivity index (χ4n) is 2.35. The summed E-state index contributed by atoms with van der Waals surface area (Å²) in [4.78, 5) is 1.41. The van der Waals surface area contributed by atoms with Crippen molar-refractivity contribution in [3.8, 4) is 0 Å². The molecule has 0 saturated carbocycles. The predicted molar refractivity (Wildman–Crippen MR) is 85.1 cm³/mol. The van der Waals surface area contributed by atoms with Crippen molar-refractivity contribution in [3.63, 3.8) is 0 Å². The molecule has 3 fully saturated rings. The summed E-state index contributed by atoms with van der Waals surface area (Å²) in [5.41, 5.74) is 6.25. The van der Waals surface area contributed by atoms with Crippen LogP contribution in [0, 0.1) is 0 Å². The molecule has 2 bridgehead atoms. The number of aliphatic hydroxyl groups excluding tert-OH is 2. The van der Waals surface area contributed by atoms with E-state index >= 15 is 0 Å². The molecular weight excluding hydrogens is 314 g/mol. The van der Waals surface area contributed by atoms with Crippen molar-refractivity contribution in [2.24, 2.45) is 5.73 Å². The molecule has 3 aliphatic rings. The van der Waals surface area contributed by atoms with E-state index in [0.717, 1.165) is 16.2 Å². The first kappa shape index (κ1) is 14.6. The monoisotopic (exact) mass is 329 g/mol. The number of ether oxygens (including phenoxy) is 1. The number of aliphatic hydroxyl groups is 2. The highest BCUT2D eigenvalue weighted by Gasteiger charge is 2.49. The molecule has 7 heteroatoms. The van der Waals surface area contributed by atoms with Crippen LogP contribution in [0.15, 0.2) is 29.2 Å². The highest BCUT2D eigenvalue weighted by molar-refractivity contribution is 8.04. The summed E-state index contributed by atoms with van der Waals surface area (Å²) >= 11 is 8.14. The van der Waals surface area contributed by atoms with Gasteiger partial charge in [-0.2, -0.15) is 0 Å². The van der Waals surface area contributed by atoms with Gasteiger partial charge in [-0.1, -0.05) is 36.1 Å². The van der Waals surface area contributed by atoms with Crippen LogP contribution in [0.2, 0.25) is 0 Å². The van der Waals surface area contributed by atoms with Crippen molar-refractivity contribution in [3.05, 3.63) is 29.8 Å². The SMILES string of the molecule is NC(=S)c1ccc(S[C@@H]2O[C@@H]3CS[C@H]2[C@@H](O)[C@@H]3O)cc1. The third-order valence-electron chi connectivity index (χ3n) is 3.49. The van der Waals surface area contributed by atoms with Crippen LogP contribution in [0.1, 0.15) is 5.56 Å². The van der Waals surface area contributed by atoms with Crippen molar-refractivity contribution >= 4 is 40.7 Å². The number of hydrogen-bond donors (Lipinski definition) is 3. The third kappa shape index (κ3) is 2.70. The molecule has 0 amide bonds. The number of thioether (sulfide) groups is 2. The average Bonchev–Trinajstić information content (AvgIpc) is 2.45. The summed E-state index contributed by atoms with van der Waals surface area (Å²) in [6.07, 6.45) is -1.77. The zero-order valence-electron chi connectivity index (χ0n) is 10.5. The summed E-state index contributed by atoms with van der Waals surface area (Å²) in [6, 6.07) is 7.64. The van der Waals surface area contributed by atoms with Gasteiger partial charge < -0.3 is 20.7 Å². The molecule has 0 unspecified atom stereocenters. The summed E-state index contributed by atoms with van der Waals surface area (Å²) in [5, 5.41) is 19.8. The van der Waals surface area contributed by atoms with E-state index < -0.39 is 12.2 Å². The van der Waals surface area contributed by atoms with E-state index in [1.807, 2.05) is 24.3 Å². The Morgan fingerprint density at radius 2 is 2.00 bits per heavy atom. The van der Waals surface area contributed by atoms with Crippen molar-refractivity contribution in [2.75, 3.05) is 5.75 Å². The largest absolute Gasteiger partial charge is 0.389 e. The Labute approximate surface area is 131 Å². The maximum atomic E-state index is 10.0. The molecule has 20 heavy (non-hydrogen) atoms. The van der Waals surface area contributed by atoms with E-state index in [2.05, 4.69) is 0 Å². The Morgan fingerprint density at radius 1 is 1.30 bits per heavy atom. The Hall–Kier alpha value is -0.310. The lowest BCUT2D eigenvalue weighted by Crippen LogP contribution is -2.60. The van der Waals surface area contributed by atoms with E-state index in [1.54, 1.807) is 23.5 Å². The fourth-order valence-corrected chi connectivity index (χ4v) is 5.21. The summed E-state index contributed by atoms with van der Waals surface area (Å²) < 4.78 is 5.83. The van der Waals surface area contributed by atoms with Gasteiger partial charge in [0.15, 0.2) is 0 Å². The number of benzene rings is 1. The molecule has 3 aliphatic heterocycles. The fraction of sp³-hybridized carbons (Fsp3) is 0.462. The number of rotatable bonds is 3. The standard InChI is InChI=1S/C13H15NO3S3/c14-12(18)6-1-3-7(4-2-6)20-13-11-10(16)9(15)8(17-13)5-19-11/h1-4,8-11,13,15-16H,5H2,(H2,14,18)/t8-,9-,10+,11+,13+/m1/s1. The molecule has 0 aromatic heterocycles. The highest BCUT2D eigenvalue weighted by Crippen LogP contribution is 2.44. The summed E-state index contributed by atoms with van der Waals surface area (Å²) in [7, 11) is 0. The molecule has 1 aromatic rings. The Bertz CT molecular complexity index is 508. The molecular formula is C13H15NO3S3. The Morgan fingerprint density at radius 3 is 2.60 bits per heavy atom. The summed E-state index contributed by atoms with van der Waals surface area (Å²) in [5.74, 6) is 0.736. The topological polar surface area (TPSA) is 75.7 Å². The molecule has 4 nitrogen and oxygen atoms in total. The van der Waals surface area contributed by atoms with Crippen LogP contribution in [-0.2, 0) is 4.74 Å². The lowest BCUT2D eigenvalue weighted by atomic mass is 10.0. The zero-order valence-corrected chi connectivity index (χ0v) is 13.0. The molecule has 0 aliphatic carbocycles. The smallest absolute Gasteiger partial charge is 0.122 e. The zero-order chi connectivity index (χ0) is 14.3. The van der Waals surface area contributed by atoms with E-state index in [9.17, 15) is 10.2 Å². The van der Waals surface area contributed by atoms with Gasteiger partial charge >= 0.3 is 0 Å². The first-order valence-electron chi connectivity index (χ1n) is 6.26. The van der Waals surface area contributed by atoms with Crippen LogP contribution in [0.3, 0.4) is 0 Å².